The highest BCUT2D eigenvalue weighted by molar-refractivity contribution is 5.71. The summed E-state index contributed by atoms with van der Waals surface area (Å²) in [6.07, 6.45) is 7.62. The second-order valence-electron chi connectivity index (χ2n) is 8.53. The van der Waals surface area contributed by atoms with E-state index in [9.17, 15) is 4.39 Å². The van der Waals surface area contributed by atoms with Crippen molar-refractivity contribution < 1.29 is 4.39 Å². The fourth-order valence-electron chi connectivity index (χ4n) is 4.84. The molecule has 0 heterocycles. The van der Waals surface area contributed by atoms with Gasteiger partial charge in [-0.3, -0.25) is 0 Å². The van der Waals surface area contributed by atoms with Gasteiger partial charge in [-0.15, -0.1) is 0 Å². The quantitative estimate of drug-likeness (QED) is 0.399. The lowest BCUT2D eigenvalue weighted by Gasteiger charge is -2.13. The molecule has 0 amide bonds. The molecule has 0 radical (unpaired) electrons. The van der Waals surface area contributed by atoms with Gasteiger partial charge in [-0.2, -0.15) is 0 Å². The first-order chi connectivity index (χ1) is 14.2. The lowest BCUT2D eigenvalue weighted by atomic mass is 9.92. The molecule has 0 spiro atoms. The Balaban J connectivity index is 1.51. The van der Waals surface area contributed by atoms with Crippen LogP contribution in [0.15, 0.2) is 66.7 Å². The molecule has 0 saturated heterocycles. The molecule has 0 bridgehead atoms. The van der Waals surface area contributed by atoms with Crippen molar-refractivity contribution in [1.82, 2.24) is 0 Å². The molecule has 0 N–H and O–H groups in total. The molecule has 1 aliphatic rings. The zero-order chi connectivity index (χ0) is 20.2. The second-order valence-corrected chi connectivity index (χ2v) is 8.53. The van der Waals surface area contributed by atoms with Gasteiger partial charge in [-0.05, 0) is 71.4 Å². The van der Waals surface area contributed by atoms with Crippen molar-refractivity contribution in [2.75, 3.05) is 0 Å². The molecule has 1 fully saturated rings. The van der Waals surface area contributed by atoms with Crippen LogP contribution in [0.5, 0.6) is 0 Å². The van der Waals surface area contributed by atoms with Crippen LogP contribution in [-0.4, -0.2) is 0 Å². The Morgan fingerprint density at radius 3 is 2.14 bits per heavy atom. The molecular weight excluding hydrogens is 355 g/mol. The van der Waals surface area contributed by atoms with E-state index in [4.69, 9.17) is 0 Å². The summed E-state index contributed by atoms with van der Waals surface area (Å²) in [7, 11) is 0. The van der Waals surface area contributed by atoms with Gasteiger partial charge in [-0.1, -0.05) is 87.4 Å². The Labute approximate surface area is 174 Å². The SMILES string of the molecule is CCCC1CCC(c2ccc(-c3ccc(-c4ccc(CC)cc4)cc3F)cc2)C1. The Morgan fingerprint density at radius 1 is 0.793 bits per heavy atom. The van der Waals surface area contributed by atoms with Crippen molar-refractivity contribution >= 4 is 0 Å². The monoisotopic (exact) mass is 386 g/mol. The van der Waals surface area contributed by atoms with Crippen LogP contribution in [0.1, 0.15) is 63.0 Å². The summed E-state index contributed by atoms with van der Waals surface area (Å²) in [5.74, 6) is 1.42. The van der Waals surface area contributed by atoms with E-state index in [0.29, 0.717) is 11.5 Å². The summed E-state index contributed by atoms with van der Waals surface area (Å²) >= 11 is 0. The summed E-state index contributed by atoms with van der Waals surface area (Å²) in [6.45, 7) is 4.42. The van der Waals surface area contributed by atoms with E-state index >= 15 is 0 Å². The first-order valence-electron chi connectivity index (χ1n) is 11.2. The van der Waals surface area contributed by atoms with E-state index < -0.39 is 0 Å². The van der Waals surface area contributed by atoms with Gasteiger partial charge in [0.05, 0.1) is 0 Å². The zero-order valence-corrected chi connectivity index (χ0v) is 17.6. The Morgan fingerprint density at radius 2 is 1.48 bits per heavy atom. The van der Waals surface area contributed by atoms with E-state index in [1.807, 2.05) is 12.1 Å². The number of halogens is 1. The Bertz CT molecular complexity index is 937. The van der Waals surface area contributed by atoms with Crippen molar-refractivity contribution in [3.8, 4) is 22.3 Å². The van der Waals surface area contributed by atoms with Gasteiger partial charge >= 0.3 is 0 Å². The molecule has 29 heavy (non-hydrogen) atoms. The number of hydrogen-bond donors (Lipinski definition) is 0. The van der Waals surface area contributed by atoms with E-state index in [1.165, 1.54) is 43.2 Å². The van der Waals surface area contributed by atoms with Gasteiger partial charge in [0.1, 0.15) is 5.82 Å². The van der Waals surface area contributed by atoms with Gasteiger partial charge in [0.2, 0.25) is 0 Å². The van der Waals surface area contributed by atoms with Crippen LogP contribution in [-0.2, 0) is 6.42 Å². The molecule has 3 aromatic rings. The van der Waals surface area contributed by atoms with Gasteiger partial charge in [0, 0.05) is 5.56 Å². The second kappa shape index (κ2) is 8.95. The molecule has 1 aliphatic carbocycles. The standard InChI is InChI=1S/C28H31F/c1-3-5-21-8-11-25(18-21)23-12-14-24(15-13-23)27-17-16-26(19-28(27)29)22-9-6-20(4-2)7-10-22/h6-7,9-10,12-17,19,21,25H,3-5,8,11,18H2,1-2H3. The highest BCUT2D eigenvalue weighted by atomic mass is 19.1. The molecule has 0 aliphatic heterocycles. The normalized spacial score (nSPS) is 18.9. The van der Waals surface area contributed by atoms with Crippen LogP contribution in [0.2, 0.25) is 0 Å². The molecule has 4 rings (SSSR count). The van der Waals surface area contributed by atoms with E-state index in [0.717, 1.165) is 29.0 Å². The van der Waals surface area contributed by atoms with Crippen LogP contribution in [0.4, 0.5) is 4.39 Å². The Hall–Kier alpha value is -2.41. The number of benzene rings is 3. The average Bonchev–Trinajstić information content (AvgIpc) is 3.23. The number of aryl methyl sites for hydroxylation is 1. The van der Waals surface area contributed by atoms with Crippen molar-refractivity contribution in [2.45, 2.75) is 58.3 Å². The van der Waals surface area contributed by atoms with Crippen LogP contribution in [0, 0.1) is 11.7 Å². The summed E-state index contributed by atoms with van der Waals surface area (Å²) in [5, 5.41) is 0. The van der Waals surface area contributed by atoms with Crippen molar-refractivity contribution in [1.29, 1.82) is 0 Å². The molecular formula is C28H31F. The van der Waals surface area contributed by atoms with Crippen LogP contribution in [0.25, 0.3) is 22.3 Å². The third kappa shape index (κ3) is 4.45. The molecule has 150 valence electrons. The zero-order valence-electron chi connectivity index (χ0n) is 17.6. The maximum Gasteiger partial charge on any atom is 0.131 e. The maximum atomic E-state index is 14.9. The average molecular weight is 387 g/mol. The smallest absolute Gasteiger partial charge is 0.131 e. The van der Waals surface area contributed by atoms with Crippen molar-refractivity contribution in [3.63, 3.8) is 0 Å². The third-order valence-corrected chi connectivity index (χ3v) is 6.60. The van der Waals surface area contributed by atoms with Gasteiger partial charge in [0.25, 0.3) is 0 Å². The predicted molar refractivity (Wildman–Crippen MR) is 122 cm³/mol. The van der Waals surface area contributed by atoms with Crippen LogP contribution < -0.4 is 0 Å². The lowest BCUT2D eigenvalue weighted by Crippen LogP contribution is -1.96. The largest absolute Gasteiger partial charge is 0.206 e. The molecule has 0 nitrogen and oxygen atoms in total. The first-order valence-corrected chi connectivity index (χ1v) is 11.2. The first kappa shape index (κ1) is 19.9. The molecule has 2 atom stereocenters. The number of hydrogen-bond acceptors (Lipinski definition) is 0. The fourth-order valence-corrected chi connectivity index (χ4v) is 4.84. The predicted octanol–water partition coefficient (Wildman–Crippen LogP) is 8.41. The minimum atomic E-state index is -0.154. The molecule has 1 saturated carbocycles. The fraction of sp³-hybridized carbons (Fsp3) is 0.357. The highest BCUT2D eigenvalue weighted by Gasteiger charge is 2.25. The van der Waals surface area contributed by atoms with Gasteiger partial charge in [0.15, 0.2) is 0 Å². The highest BCUT2D eigenvalue weighted by Crippen LogP contribution is 2.40. The molecule has 1 heteroatoms. The summed E-state index contributed by atoms with van der Waals surface area (Å²) < 4.78 is 14.9. The van der Waals surface area contributed by atoms with Crippen molar-refractivity contribution in [3.05, 3.63) is 83.7 Å². The maximum absolute atomic E-state index is 14.9. The molecule has 2 unspecified atom stereocenters. The van der Waals surface area contributed by atoms with E-state index in [2.05, 4.69) is 62.4 Å². The van der Waals surface area contributed by atoms with E-state index in [1.54, 1.807) is 6.07 Å². The molecule has 3 aromatic carbocycles. The third-order valence-electron chi connectivity index (χ3n) is 6.60. The summed E-state index contributed by atoms with van der Waals surface area (Å²) in [5.41, 5.74) is 6.35. The van der Waals surface area contributed by atoms with Crippen molar-refractivity contribution in [2.24, 2.45) is 5.92 Å². The van der Waals surface area contributed by atoms with Gasteiger partial charge < -0.3 is 0 Å². The minimum Gasteiger partial charge on any atom is -0.206 e. The molecule has 0 aromatic heterocycles. The minimum absolute atomic E-state index is 0.154. The van der Waals surface area contributed by atoms with Crippen LogP contribution >= 0.6 is 0 Å². The lowest BCUT2D eigenvalue weighted by molar-refractivity contribution is 0.489. The summed E-state index contributed by atoms with van der Waals surface area (Å²) in [6, 6.07) is 22.6. The van der Waals surface area contributed by atoms with Crippen LogP contribution in [0.3, 0.4) is 0 Å². The van der Waals surface area contributed by atoms with Gasteiger partial charge in [-0.25, -0.2) is 4.39 Å². The topological polar surface area (TPSA) is 0 Å². The van der Waals surface area contributed by atoms with E-state index in [-0.39, 0.29) is 5.82 Å². The Kier molecular flexibility index (Phi) is 6.13. The summed E-state index contributed by atoms with van der Waals surface area (Å²) in [4.78, 5) is 0. The number of rotatable bonds is 6.